The Morgan fingerprint density at radius 2 is 1.57 bits per heavy atom. The molecule has 6 atom stereocenters. The largest absolute Gasteiger partial charge is 0.394 e. The van der Waals surface area contributed by atoms with Crippen LogP contribution in [0.5, 0.6) is 0 Å². The lowest BCUT2D eigenvalue weighted by molar-refractivity contribution is -0.373. The molecule has 8 heteroatoms. The molecule has 2 saturated heterocycles. The van der Waals surface area contributed by atoms with Crippen molar-refractivity contribution >= 4 is 23.2 Å². The van der Waals surface area contributed by atoms with E-state index in [2.05, 4.69) is 0 Å². The number of fused-ring (bicyclic) bond motifs is 1. The predicted molar refractivity (Wildman–Crippen MR) is 102 cm³/mol. The van der Waals surface area contributed by atoms with Crippen molar-refractivity contribution in [3.8, 4) is 0 Å². The topological polar surface area (TPSA) is 77.4 Å². The first-order valence-corrected chi connectivity index (χ1v) is 9.68. The summed E-state index contributed by atoms with van der Waals surface area (Å²) in [6.45, 7) is -0.237. The average molecular weight is 427 g/mol. The van der Waals surface area contributed by atoms with E-state index in [1.54, 1.807) is 36.4 Å². The van der Waals surface area contributed by atoms with Crippen LogP contribution in [0.3, 0.4) is 0 Å². The molecule has 150 valence electrons. The molecule has 6 nitrogen and oxygen atoms in total. The van der Waals surface area contributed by atoms with Crippen LogP contribution < -0.4 is 0 Å². The molecule has 2 unspecified atom stereocenters. The van der Waals surface area contributed by atoms with Crippen molar-refractivity contribution in [2.24, 2.45) is 0 Å². The summed E-state index contributed by atoms with van der Waals surface area (Å²) in [6, 6.07) is 14.2. The van der Waals surface area contributed by atoms with Crippen molar-refractivity contribution in [1.29, 1.82) is 0 Å². The van der Waals surface area contributed by atoms with Gasteiger partial charge in [0, 0.05) is 21.2 Å². The highest BCUT2D eigenvalue weighted by Crippen LogP contribution is 2.39. The SMILES string of the molecule is OC[C@H](O)[C@@H]1OC(c2cccc(Cl)c2)O[C@@H]2COC(c3cccc(Cl)c3)O[C@H]12. The monoisotopic (exact) mass is 426 g/mol. The molecule has 0 saturated carbocycles. The van der Waals surface area contributed by atoms with Crippen LogP contribution in [-0.4, -0.2) is 47.8 Å². The molecule has 0 radical (unpaired) electrons. The van der Waals surface area contributed by atoms with Gasteiger partial charge >= 0.3 is 0 Å². The molecule has 2 N–H and O–H groups in total. The van der Waals surface area contributed by atoms with Gasteiger partial charge in [0.2, 0.25) is 0 Å². The highest BCUT2D eigenvalue weighted by atomic mass is 35.5. The summed E-state index contributed by atoms with van der Waals surface area (Å²) < 4.78 is 23.8. The standard InChI is InChI=1S/C20H20Cl2O6/c21-13-5-1-3-11(7-13)19-25-10-16-18(28-19)17(15(24)9-23)27-20(26-16)12-4-2-6-14(22)8-12/h1-8,15-20,23-24H,9-10H2/t15-,16+,17-,18-,19?,20?/m0/s1. The van der Waals surface area contributed by atoms with Crippen molar-refractivity contribution in [3.05, 3.63) is 69.7 Å². The van der Waals surface area contributed by atoms with Crippen molar-refractivity contribution in [1.82, 2.24) is 0 Å². The van der Waals surface area contributed by atoms with Gasteiger partial charge in [0.1, 0.15) is 24.4 Å². The fraction of sp³-hybridized carbons (Fsp3) is 0.400. The lowest BCUT2D eigenvalue weighted by Crippen LogP contribution is -2.58. The third kappa shape index (κ3) is 4.20. The van der Waals surface area contributed by atoms with Gasteiger partial charge in [0.25, 0.3) is 0 Å². The first-order valence-electron chi connectivity index (χ1n) is 8.93. The summed E-state index contributed by atoms with van der Waals surface area (Å²) in [6.07, 6.45) is -4.51. The van der Waals surface area contributed by atoms with E-state index in [4.69, 9.17) is 42.1 Å². The van der Waals surface area contributed by atoms with Crippen molar-refractivity contribution in [2.45, 2.75) is 37.0 Å². The second-order valence-electron chi connectivity index (χ2n) is 6.73. The van der Waals surface area contributed by atoms with Crippen LogP contribution in [0.1, 0.15) is 23.7 Å². The molecule has 0 spiro atoms. The quantitative estimate of drug-likeness (QED) is 0.781. The Hall–Kier alpha value is -1.22. The fourth-order valence-electron chi connectivity index (χ4n) is 3.42. The van der Waals surface area contributed by atoms with Crippen molar-refractivity contribution < 1.29 is 29.2 Å². The number of hydrogen-bond donors (Lipinski definition) is 2. The molecule has 0 aliphatic carbocycles. The van der Waals surface area contributed by atoms with Gasteiger partial charge < -0.3 is 29.2 Å². The number of ether oxygens (including phenoxy) is 4. The van der Waals surface area contributed by atoms with Gasteiger partial charge in [-0.2, -0.15) is 0 Å². The van der Waals surface area contributed by atoms with Crippen LogP contribution >= 0.6 is 23.2 Å². The molecule has 2 fully saturated rings. The molecule has 4 rings (SSSR count). The second-order valence-corrected chi connectivity index (χ2v) is 7.61. The van der Waals surface area contributed by atoms with E-state index >= 15 is 0 Å². The van der Waals surface area contributed by atoms with E-state index in [1.165, 1.54) is 0 Å². The van der Waals surface area contributed by atoms with E-state index in [-0.39, 0.29) is 6.61 Å². The molecule has 2 heterocycles. The molecule has 2 aliphatic heterocycles. The van der Waals surface area contributed by atoms with E-state index in [1.807, 2.05) is 12.1 Å². The number of halogens is 2. The third-order valence-electron chi connectivity index (χ3n) is 4.77. The molecule has 0 bridgehead atoms. The van der Waals surface area contributed by atoms with E-state index in [9.17, 15) is 10.2 Å². The molecule has 2 aromatic rings. The van der Waals surface area contributed by atoms with Gasteiger partial charge in [0.15, 0.2) is 12.6 Å². The molecule has 0 amide bonds. The Morgan fingerprint density at radius 1 is 0.929 bits per heavy atom. The number of aliphatic hydroxyl groups excluding tert-OH is 2. The summed E-state index contributed by atoms with van der Waals surface area (Å²) in [7, 11) is 0. The summed E-state index contributed by atoms with van der Waals surface area (Å²) in [4.78, 5) is 0. The Labute approximate surface area is 172 Å². The third-order valence-corrected chi connectivity index (χ3v) is 5.24. The summed E-state index contributed by atoms with van der Waals surface area (Å²) in [5, 5.41) is 21.0. The average Bonchev–Trinajstić information content (AvgIpc) is 2.72. The Kier molecular flexibility index (Phi) is 6.20. The zero-order chi connectivity index (χ0) is 19.7. The Balaban J connectivity index is 1.57. The molecule has 2 aromatic carbocycles. The van der Waals surface area contributed by atoms with E-state index in [0.29, 0.717) is 15.6 Å². The van der Waals surface area contributed by atoms with Crippen LogP contribution in [-0.2, 0) is 18.9 Å². The number of hydrogen-bond acceptors (Lipinski definition) is 6. The van der Waals surface area contributed by atoms with Crippen LogP contribution in [0.2, 0.25) is 10.0 Å². The molecule has 2 aliphatic rings. The maximum Gasteiger partial charge on any atom is 0.185 e. The summed E-state index contributed by atoms with van der Waals surface area (Å²) in [5.74, 6) is 0. The maximum atomic E-state index is 10.3. The lowest BCUT2D eigenvalue weighted by atomic mass is 9.99. The summed E-state index contributed by atoms with van der Waals surface area (Å²) >= 11 is 12.1. The van der Waals surface area contributed by atoms with Crippen molar-refractivity contribution in [3.63, 3.8) is 0 Å². The minimum atomic E-state index is -1.14. The molecular weight excluding hydrogens is 407 g/mol. The van der Waals surface area contributed by atoms with Crippen LogP contribution in [0.4, 0.5) is 0 Å². The predicted octanol–water partition coefficient (Wildman–Crippen LogP) is 3.24. The molecule has 0 aromatic heterocycles. The van der Waals surface area contributed by atoms with E-state index in [0.717, 1.165) is 5.56 Å². The Morgan fingerprint density at radius 3 is 2.18 bits per heavy atom. The minimum absolute atomic E-state index is 0.233. The number of benzene rings is 2. The first-order chi connectivity index (χ1) is 13.5. The van der Waals surface area contributed by atoms with Crippen LogP contribution in [0, 0.1) is 0 Å². The molecule has 28 heavy (non-hydrogen) atoms. The number of aliphatic hydroxyl groups is 2. The normalized spacial score (nSPS) is 31.2. The highest BCUT2D eigenvalue weighted by molar-refractivity contribution is 6.30. The van der Waals surface area contributed by atoms with E-state index < -0.39 is 43.6 Å². The highest BCUT2D eigenvalue weighted by Gasteiger charge is 2.48. The first kappa shape index (κ1) is 20.1. The van der Waals surface area contributed by atoms with Crippen LogP contribution in [0.15, 0.2) is 48.5 Å². The van der Waals surface area contributed by atoms with Gasteiger partial charge in [-0.3, -0.25) is 0 Å². The zero-order valence-corrected chi connectivity index (χ0v) is 16.3. The second kappa shape index (κ2) is 8.65. The van der Waals surface area contributed by atoms with Gasteiger partial charge in [-0.05, 0) is 24.3 Å². The maximum absolute atomic E-state index is 10.3. The Bertz CT molecular complexity index is 817. The summed E-state index contributed by atoms with van der Waals surface area (Å²) in [5.41, 5.74) is 1.46. The molecular formula is C20H20Cl2O6. The zero-order valence-electron chi connectivity index (χ0n) is 14.8. The van der Waals surface area contributed by atoms with Gasteiger partial charge in [-0.25, -0.2) is 0 Å². The van der Waals surface area contributed by atoms with Gasteiger partial charge in [0.05, 0.1) is 13.2 Å². The minimum Gasteiger partial charge on any atom is -0.394 e. The lowest BCUT2D eigenvalue weighted by Gasteiger charge is -2.47. The number of rotatable bonds is 4. The van der Waals surface area contributed by atoms with Crippen molar-refractivity contribution in [2.75, 3.05) is 13.2 Å². The fourth-order valence-corrected chi connectivity index (χ4v) is 3.81. The van der Waals surface area contributed by atoms with Gasteiger partial charge in [-0.1, -0.05) is 47.5 Å². The van der Waals surface area contributed by atoms with Crippen LogP contribution in [0.25, 0.3) is 0 Å². The van der Waals surface area contributed by atoms with Gasteiger partial charge in [-0.15, -0.1) is 0 Å². The smallest absolute Gasteiger partial charge is 0.185 e.